The third-order valence-electron chi connectivity index (χ3n) is 3.57. The number of hydrogen-bond donors (Lipinski definition) is 1. The maximum Gasteiger partial charge on any atom is 0.416 e. The van der Waals surface area contributed by atoms with Crippen LogP contribution in [0.25, 0.3) is 11.4 Å². The molecule has 0 bridgehead atoms. The largest absolute Gasteiger partial charge is 0.416 e. The van der Waals surface area contributed by atoms with Gasteiger partial charge in [0.25, 0.3) is 0 Å². The van der Waals surface area contributed by atoms with Crippen LogP contribution in [0.4, 0.5) is 13.2 Å². The molecule has 9 heteroatoms. The fourth-order valence-corrected chi connectivity index (χ4v) is 2.26. The molecule has 3 rings (SSSR count). The molecule has 3 aromatic rings. The third-order valence-corrected chi connectivity index (χ3v) is 3.57. The molecule has 0 radical (unpaired) electrons. The first kappa shape index (κ1) is 19.1. The third kappa shape index (κ3) is 5.17. The fourth-order valence-electron chi connectivity index (χ4n) is 2.26. The number of aromatic nitrogens is 4. The minimum absolute atomic E-state index is 0.0185. The molecule has 0 aliphatic carbocycles. The predicted octanol–water partition coefficient (Wildman–Crippen LogP) is 2.53. The van der Waals surface area contributed by atoms with E-state index in [4.69, 9.17) is 0 Å². The lowest BCUT2D eigenvalue weighted by Crippen LogP contribution is -2.28. The molecular weight excluding hydrogens is 371 g/mol. The first-order valence-corrected chi connectivity index (χ1v) is 8.18. The predicted molar refractivity (Wildman–Crippen MR) is 94.6 cm³/mol. The van der Waals surface area contributed by atoms with Crippen LogP contribution < -0.4 is 5.32 Å². The fraction of sp³-hybridized carbons (Fsp3) is 0.158. The lowest BCUT2D eigenvalue weighted by molar-refractivity contribution is -0.137. The Morgan fingerprint density at radius 2 is 1.89 bits per heavy atom. The molecule has 0 saturated heterocycles. The summed E-state index contributed by atoms with van der Waals surface area (Å²) in [7, 11) is 0. The zero-order valence-electron chi connectivity index (χ0n) is 14.4. The molecule has 0 aliphatic rings. The maximum absolute atomic E-state index is 12.7. The van der Waals surface area contributed by atoms with Crippen molar-refractivity contribution in [3.63, 3.8) is 0 Å². The molecule has 0 aliphatic heterocycles. The van der Waals surface area contributed by atoms with Gasteiger partial charge in [-0.05, 0) is 23.4 Å². The molecule has 0 fully saturated rings. The molecule has 1 heterocycles. The van der Waals surface area contributed by atoms with Gasteiger partial charge >= 0.3 is 6.18 Å². The number of carbonyl (C=O) groups is 1. The molecule has 28 heavy (non-hydrogen) atoms. The summed E-state index contributed by atoms with van der Waals surface area (Å²) >= 11 is 0. The second-order valence-corrected chi connectivity index (χ2v) is 5.67. The van der Waals surface area contributed by atoms with Gasteiger partial charge in [-0.15, -0.1) is 10.2 Å². The van der Waals surface area contributed by atoms with Crippen LogP contribution in [0.2, 0.25) is 0 Å². The minimum Gasteiger partial charge on any atom is -0.343 e. The van der Waals surface area contributed by atoms with Gasteiger partial charge < -0.3 is 5.32 Å². The van der Waals surface area contributed by atoms with Crippen LogP contribution >= 0.6 is 0 Å². The highest BCUT2D eigenvalue weighted by Gasteiger charge is 2.30. The van der Waals surface area contributed by atoms with Crippen molar-refractivity contribution in [1.29, 1.82) is 0 Å². The van der Waals surface area contributed by atoms with Gasteiger partial charge in [0.2, 0.25) is 11.7 Å². The molecule has 0 saturated carbocycles. The lowest BCUT2D eigenvalue weighted by Gasteiger charge is -2.05. The van der Waals surface area contributed by atoms with Crippen molar-refractivity contribution < 1.29 is 18.0 Å². The van der Waals surface area contributed by atoms with E-state index in [1.165, 1.54) is 12.1 Å². The molecule has 142 valence electrons. The topological polar surface area (TPSA) is 72.7 Å². The van der Waals surface area contributed by atoms with E-state index in [0.29, 0.717) is 5.82 Å². The van der Waals surface area contributed by atoms with E-state index >= 15 is 0 Å². The highest BCUT2D eigenvalue weighted by molar-refractivity contribution is 5.75. The molecule has 6 nitrogen and oxygen atoms in total. The lowest BCUT2D eigenvalue weighted by atomic mass is 10.1. The first-order valence-electron chi connectivity index (χ1n) is 8.18. The Labute approximate surface area is 158 Å². The van der Waals surface area contributed by atoms with Crippen molar-refractivity contribution in [3.8, 4) is 23.2 Å². The quantitative estimate of drug-likeness (QED) is 0.701. The average Bonchev–Trinajstić information content (AvgIpc) is 3.14. The molecule has 1 N–H and O–H groups in total. The number of amides is 1. The van der Waals surface area contributed by atoms with Crippen LogP contribution in [0.3, 0.4) is 0 Å². The molecule has 0 unspecified atom stereocenters. The summed E-state index contributed by atoms with van der Waals surface area (Å²) < 4.78 is 38.0. The van der Waals surface area contributed by atoms with E-state index in [1.807, 2.05) is 30.3 Å². The van der Waals surface area contributed by atoms with E-state index < -0.39 is 17.6 Å². The van der Waals surface area contributed by atoms with Crippen molar-refractivity contribution in [2.45, 2.75) is 12.7 Å². The van der Waals surface area contributed by atoms with Crippen LogP contribution in [0.1, 0.15) is 11.1 Å². The van der Waals surface area contributed by atoms with E-state index in [1.54, 1.807) is 0 Å². The molecular formula is C19H14F3N5O. The van der Waals surface area contributed by atoms with E-state index in [2.05, 4.69) is 32.6 Å². The van der Waals surface area contributed by atoms with Crippen LogP contribution in [0.15, 0.2) is 54.6 Å². The van der Waals surface area contributed by atoms with Gasteiger partial charge in [0.05, 0.1) is 12.1 Å². The smallest absolute Gasteiger partial charge is 0.343 e. The van der Waals surface area contributed by atoms with Crippen molar-refractivity contribution in [1.82, 2.24) is 25.5 Å². The monoisotopic (exact) mass is 385 g/mol. The second kappa shape index (κ2) is 8.35. The Morgan fingerprint density at radius 1 is 1.11 bits per heavy atom. The van der Waals surface area contributed by atoms with Crippen molar-refractivity contribution >= 4 is 5.91 Å². The Balaban J connectivity index is 1.52. The number of rotatable bonds is 4. The summed E-state index contributed by atoms with van der Waals surface area (Å²) in [4.78, 5) is 13.0. The summed E-state index contributed by atoms with van der Waals surface area (Å²) in [5, 5.41) is 14.4. The number of tetrazole rings is 1. The van der Waals surface area contributed by atoms with Gasteiger partial charge in [-0.2, -0.15) is 18.0 Å². The molecule has 2 aromatic carbocycles. The van der Waals surface area contributed by atoms with E-state index in [0.717, 1.165) is 22.5 Å². The minimum atomic E-state index is -4.42. The Kier molecular flexibility index (Phi) is 5.69. The number of halogens is 3. The van der Waals surface area contributed by atoms with Crippen LogP contribution in [-0.2, 0) is 17.5 Å². The van der Waals surface area contributed by atoms with Crippen LogP contribution in [-0.4, -0.2) is 32.7 Å². The molecule has 1 aromatic heterocycles. The van der Waals surface area contributed by atoms with Gasteiger partial charge in [0.1, 0.15) is 6.54 Å². The Bertz CT molecular complexity index is 1020. The van der Waals surface area contributed by atoms with Gasteiger partial charge in [-0.3, -0.25) is 4.79 Å². The van der Waals surface area contributed by atoms with Crippen molar-refractivity contribution in [2.24, 2.45) is 0 Å². The number of alkyl halides is 3. The van der Waals surface area contributed by atoms with Crippen LogP contribution in [0, 0.1) is 11.8 Å². The molecule has 0 spiro atoms. The van der Waals surface area contributed by atoms with Crippen molar-refractivity contribution in [2.75, 3.05) is 6.54 Å². The second-order valence-electron chi connectivity index (χ2n) is 5.67. The zero-order chi connectivity index (χ0) is 20.0. The van der Waals surface area contributed by atoms with Crippen molar-refractivity contribution in [3.05, 3.63) is 65.7 Å². The average molecular weight is 385 g/mol. The summed E-state index contributed by atoms with van der Waals surface area (Å²) in [6, 6.07) is 13.9. The Hall–Kier alpha value is -3.67. The number of nitrogens with one attached hydrogen (secondary N) is 1. The first-order chi connectivity index (χ1) is 13.4. The summed E-state index contributed by atoms with van der Waals surface area (Å²) in [6.45, 7) is -0.166. The van der Waals surface area contributed by atoms with E-state index in [9.17, 15) is 18.0 Å². The standard InChI is InChI=1S/C19H14F3N5O/c20-19(21,22)16-10-4-6-14(12-16)7-5-11-23-17(28)13-27-25-18(24-26-27)15-8-2-1-3-9-15/h1-4,6,8-10,12H,11,13H2,(H,23,28). The number of nitrogens with zero attached hydrogens (tertiary/aromatic N) is 4. The normalized spacial score (nSPS) is 10.8. The summed E-state index contributed by atoms with van der Waals surface area (Å²) in [5.41, 5.74) is 0.227. The number of carbonyl (C=O) groups excluding carboxylic acids is 1. The highest BCUT2D eigenvalue weighted by atomic mass is 19.4. The van der Waals surface area contributed by atoms with E-state index in [-0.39, 0.29) is 18.7 Å². The van der Waals surface area contributed by atoms with Crippen LogP contribution in [0.5, 0.6) is 0 Å². The number of hydrogen-bond acceptors (Lipinski definition) is 4. The molecule has 0 atom stereocenters. The van der Waals surface area contributed by atoms with Gasteiger partial charge in [-0.25, -0.2) is 0 Å². The van der Waals surface area contributed by atoms with Gasteiger partial charge in [0, 0.05) is 11.1 Å². The highest BCUT2D eigenvalue weighted by Crippen LogP contribution is 2.29. The maximum atomic E-state index is 12.7. The molecule has 1 amide bonds. The summed E-state index contributed by atoms with van der Waals surface area (Å²) in [5.74, 6) is 5.21. The zero-order valence-corrected chi connectivity index (χ0v) is 14.4. The van der Waals surface area contributed by atoms with Gasteiger partial charge in [0.15, 0.2) is 0 Å². The Morgan fingerprint density at radius 3 is 2.64 bits per heavy atom. The number of benzene rings is 2. The summed E-state index contributed by atoms with van der Waals surface area (Å²) in [6.07, 6.45) is -4.42. The SMILES string of the molecule is O=C(Cn1nnc(-c2ccccc2)n1)NCC#Cc1cccc(C(F)(F)F)c1. The van der Waals surface area contributed by atoms with Gasteiger partial charge in [-0.1, -0.05) is 48.2 Å².